The third-order valence-electron chi connectivity index (χ3n) is 4.27. The molecule has 0 atom stereocenters. The summed E-state index contributed by atoms with van der Waals surface area (Å²) in [6, 6.07) is 10.4. The predicted molar refractivity (Wildman–Crippen MR) is 82.3 cm³/mol. The first-order chi connectivity index (χ1) is 9.77. The fourth-order valence-electron chi connectivity index (χ4n) is 3.16. The molecule has 1 aliphatic rings. The van der Waals surface area contributed by atoms with Gasteiger partial charge in [0.25, 0.3) is 0 Å². The minimum atomic E-state index is -0.119. The minimum absolute atomic E-state index is 0.119. The van der Waals surface area contributed by atoms with Crippen LogP contribution in [0.3, 0.4) is 0 Å². The van der Waals surface area contributed by atoms with Gasteiger partial charge in [0.1, 0.15) is 0 Å². The van der Waals surface area contributed by atoms with Crippen LogP contribution in [0.25, 0.3) is 0 Å². The highest BCUT2D eigenvalue weighted by Crippen LogP contribution is 2.38. The number of benzene rings is 1. The molecule has 110 valence electrons. The van der Waals surface area contributed by atoms with Gasteiger partial charge < -0.3 is 11.1 Å². The summed E-state index contributed by atoms with van der Waals surface area (Å²) in [6.45, 7) is 0.718. The number of nitrogens with two attached hydrogens (primary N) is 1. The molecule has 3 heteroatoms. The van der Waals surface area contributed by atoms with Gasteiger partial charge in [-0.25, -0.2) is 0 Å². The molecule has 1 aliphatic carbocycles. The largest absolute Gasteiger partial charge is 0.347 e. The average molecular weight is 274 g/mol. The molecular weight excluding hydrogens is 248 g/mol. The average Bonchev–Trinajstić information content (AvgIpc) is 2.94. The fourth-order valence-corrected chi connectivity index (χ4v) is 3.16. The second-order valence-electron chi connectivity index (χ2n) is 5.80. The van der Waals surface area contributed by atoms with Gasteiger partial charge in [0.2, 0.25) is 5.91 Å². The van der Waals surface area contributed by atoms with Gasteiger partial charge in [-0.15, -0.1) is 0 Å². The van der Waals surface area contributed by atoms with Crippen LogP contribution >= 0.6 is 0 Å². The second kappa shape index (κ2) is 7.44. The summed E-state index contributed by atoms with van der Waals surface area (Å²) < 4.78 is 0. The zero-order valence-corrected chi connectivity index (χ0v) is 12.2. The van der Waals surface area contributed by atoms with E-state index in [4.69, 9.17) is 5.73 Å². The Bertz CT molecular complexity index is 410. The third-order valence-corrected chi connectivity index (χ3v) is 4.27. The monoisotopic (exact) mass is 274 g/mol. The molecule has 1 amide bonds. The van der Waals surface area contributed by atoms with Gasteiger partial charge in [-0.3, -0.25) is 4.79 Å². The maximum Gasteiger partial charge on any atom is 0.220 e. The van der Waals surface area contributed by atoms with E-state index in [1.165, 1.54) is 18.4 Å². The molecule has 3 N–H and O–H groups in total. The van der Waals surface area contributed by atoms with Crippen LogP contribution < -0.4 is 11.1 Å². The smallest absolute Gasteiger partial charge is 0.220 e. The highest BCUT2D eigenvalue weighted by Gasteiger charge is 2.36. The molecule has 0 saturated heterocycles. The van der Waals surface area contributed by atoms with Crippen LogP contribution in [-0.4, -0.2) is 12.5 Å². The summed E-state index contributed by atoms with van der Waals surface area (Å²) in [5.41, 5.74) is 6.61. The molecule has 0 spiro atoms. The lowest BCUT2D eigenvalue weighted by molar-refractivity contribution is -0.123. The van der Waals surface area contributed by atoms with Gasteiger partial charge in [0.15, 0.2) is 0 Å². The molecule has 0 aromatic heterocycles. The van der Waals surface area contributed by atoms with Crippen molar-refractivity contribution in [3.05, 3.63) is 35.9 Å². The van der Waals surface area contributed by atoms with E-state index in [1.54, 1.807) is 0 Å². The van der Waals surface area contributed by atoms with Crippen molar-refractivity contribution in [2.45, 2.75) is 56.9 Å². The van der Waals surface area contributed by atoms with Gasteiger partial charge in [0.05, 0.1) is 5.54 Å². The Labute approximate surface area is 121 Å². The van der Waals surface area contributed by atoms with E-state index < -0.39 is 0 Å². The van der Waals surface area contributed by atoms with E-state index >= 15 is 0 Å². The lowest BCUT2D eigenvalue weighted by Gasteiger charge is -2.31. The molecule has 1 fully saturated rings. The molecule has 0 unspecified atom stereocenters. The Hall–Kier alpha value is -1.35. The third kappa shape index (κ3) is 3.83. The van der Waals surface area contributed by atoms with Gasteiger partial charge in [-0.1, -0.05) is 49.6 Å². The number of nitrogens with one attached hydrogen (secondary N) is 1. The van der Waals surface area contributed by atoms with Gasteiger partial charge in [-0.05, 0) is 37.8 Å². The standard InChI is InChI=1S/C17H26N2O/c18-14-8-2-5-11-16(20)19-17(12-6-7-13-17)15-9-3-1-4-10-15/h1,3-4,9-10H,2,5-8,11-14,18H2,(H,19,20). The van der Waals surface area contributed by atoms with Crippen molar-refractivity contribution in [2.24, 2.45) is 5.73 Å². The van der Waals surface area contributed by atoms with Crippen molar-refractivity contribution in [1.82, 2.24) is 5.32 Å². The number of hydrogen-bond acceptors (Lipinski definition) is 2. The van der Waals surface area contributed by atoms with Gasteiger partial charge in [-0.2, -0.15) is 0 Å². The SMILES string of the molecule is NCCCCCC(=O)NC1(c2ccccc2)CCCC1. The van der Waals surface area contributed by atoms with Crippen LogP contribution in [0.1, 0.15) is 56.9 Å². The summed E-state index contributed by atoms with van der Waals surface area (Å²) in [5, 5.41) is 3.32. The Kier molecular flexibility index (Phi) is 5.60. The molecular formula is C17H26N2O. The number of unbranched alkanes of at least 4 members (excludes halogenated alkanes) is 2. The Morgan fingerprint density at radius 1 is 1.10 bits per heavy atom. The number of carbonyl (C=O) groups excluding carboxylic acids is 1. The maximum absolute atomic E-state index is 12.2. The highest BCUT2D eigenvalue weighted by atomic mass is 16.1. The summed E-state index contributed by atoms with van der Waals surface area (Å²) in [4.78, 5) is 12.2. The zero-order valence-electron chi connectivity index (χ0n) is 12.2. The van der Waals surface area contributed by atoms with E-state index in [9.17, 15) is 4.79 Å². The van der Waals surface area contributed by atoms with Gasteiger partial charge in [0, 0.05) is 6.42 Å². The molecule has 0 radical (unpaired) electrons. The first kappa shape index (κ1) is 15.0. The topological polar surface area (TPSA) is 55.1 Å². The van der Waals surface area contributed by atoms with Crippen molar-refractivity contribution < 1.29 is 4.79 Å². The number of rotatable bonds is 7. The van der Waals surface area contributed by atoms with Crippen LogP contribution in [0, 0.1) is 0 Å². The molecule has 20 heavy (non-hydrogen) atoms. The normalized spacial score (nSPS) is 17.1. The Morgan fingerprint density at radius 3 is 2.45 bits per heavy atom. The molecule has 0 heterocycles. The van der Waals surface area contributed by atoms with E-state index in [-0.39, 0.29) is 11.4 Å². The Morgan fingerprint density at radius 2 is 1.80 bits per heavy atom. The number of hydrogen-bond donors (Lipinski definition) is 2. The lowest BCUT2D eigenvalue weighted by Crippen LogP contribution is -2.43. The maximum atomic E-state index is 12.2. The summed E-state index contributed by atoms with van der Waals surface area (Å²) >= 11 is 0. The molecule has 3 nitrogen and oxygen atoms in total. The number of amides is 1. The number of carbonyl (C=O) groups is 1. The van der Waals surface area contributed by atoms with Crippen molar-refractivity contribution in [1.29, 1.82) is 0 Å². The van der Waals surface area contributed by atoms with Crippen LogP contribution in [-0.2, 0) is 10.3 Å². The minimum Gasteiger partial charge on any atom is -0.347 e. The van der Waals surface area contributed by atoms with Crippen molar-refractivity contribution in [3.63, 3.8) is 0 Å². The molecule has 1 aromatic carbocycles. The summed E-state index contributed by atoms with van der Waals surface area (Å²) in [6.07, 6.45) is 8.13. The molecule has 1 aromatic rings. The van der Waals surface area contributed by atoms with Gasteiger partial charge >= 0.3 is 0 Å². The van der Waals surface area contributed by atoms with E-state index in [1.807, 2.05) is 6.07 Å². The van der Waals surface area contributed by atoms with Crippen molar-refractivity contribution in [2.75, 3.05) is 6.54 Å². The van der Waals surface area contributed by atoms with E-state index in [2.05, 4.69) is 29.6 Å². The van der Waals surface area contributed by atoms with Crippen LogP contribution in [0.2, 0.25) is 0 Å². The second-order valence-corrected chi connectivity index (χ2v) is 5.80. The van der Waals surface area contributed by atoms with Crippen LogP contribution in [0.4, 0.5) is 0 Å². The van der Waals surface area contributed by atoms with Crippen LogP contribution in [0.5, 0.6) is 0 Å². The van der Waals surface area contributed by atoms with E-state index in [0.717, 1.165) is 38.6 Å². The van der Waals surface area contributed by atoms with E-state index in [0.29, 0.717) is 6.42 Å². The molecule has 0 bridgehead atoms. The first-order valence-electron chi connectivity index (χ1n) is 7.83. The molecule has 2 rings (SSSR count). The van der Waals surface area contributed by atoms with Crippen molar-refractivity contribution >= 4 is 5.91 Å². The Balaban J connectivity index is 1.94. The lowest BCUT2D eigenvalue weighted by atomic mass is 9.88. The molecule has 1 saturated carbocycles. The summed E-state index contributed by atoms with van der Waals surface area (Å²) in [5.74, 6) is 0.188. The summed E-state index contributed by atoms with van der Waals surface area (Å²) in [7, 11) is 0. The van der Waals surface area contributed by atoms with Crippen LogP contribution in [0.15, 0.2) is 30.3 Å². The quantitative estimate of drug-likeness (QED) is 0.751. The zero-order chi connectivity index (χ0) is 14.3. The predicted octanol–water partition coefficient (Wildman–Crippen LogP) is 3.09. The molecule has 0 aliphatic heterocycles. The fraction of sp³-hybridized carbons (Fsp3) is 0.588. The highest BCUT2D eigenvalue weighted by molar-refractivity contribution is 5.77. The first-order valence-corrected chi connectivity index (χ1v) is 7.83. The van der Waals surface area contributed by atoms with Crippen molar-refractivity contribution in [3.8, 4) is 0 Å².